The average molecular weight is 1200 g/mol. The molecule has 8 N–H and O–H groups in total. The van der Waals surface area contributed by atoms with E-state index in [-0.39, 0.29) is 104 Å². The molecule has 16 rings (SSSR count). The Kier molecular flexibility index (Phi) is 13.7. The average Bonchev–Trinajstić information content (AvgIpc) is 1.51. The van der Waals surface area contributed by atoms with E-state index in [4.69, 9.17) is 18.9 Å². The van der Waals surface area contributed by atoms with Crippen LogP contribution in [0, 0.1) is 0 Å². The predicted molar refractivity (Wildman–Crippen MR) is 307 cm³/mol. The first-order chi connectivity index (χ1) is 40.5. The van der Waals surface area contributed by atoms with Gasteiger partial charge >= 0.3 is 2.85 Å². The second-order valence-corrected chi connectivity index (χ2v) is 24.8. The van der Waals surface area contributed by atoms with Gasteiger partial charge in [-0.15, -0.1) is 0 Å². The Morgan fingerprint density at radius 2 is 0.534 bits per heavy atom. The highest BCUT2D eigenvalue weighted by molar-refractivity contribution is 6.13. The van der Waals surface area contributed by atoms with Crippen LogP contribution in [0.3, 0.4) is 0 Å². The molecular formula is C68H62N2O18. The summed E-state index contributed by atoms with van der Waals surface area (Å²) in [5.74, 6) is -14.7. The van der Waals surface area contributed by atoms with E-state index in [0.717, 1.165) is 34.2 Å². The van der Waals surface area contributed by atoms with Crippen molar-refractivity contribution in [1.29, 1.82) is 0 Å². The summed E-state index contributed by atoms with van der Waals surface area (Å²) < 4.78 is 24.2. The number of rotatable bonds is 4. The fourth-order valence-electron chi connectivity index (χ4n) is 13.2. The second kappa shape index (κ2) is 19.8. The summed E-state index contributed by atoms with van der Waals surface area (Å²) in [5.41, 5.74) is -8.65. The van der Waals surface area contributed by atoms with Crippen molar-refractivity contribution in [3.8, 4) is 23.0 Å². The van der Waals surface area contributed by atoms with Crippen LogP contribution in [-0.4, -0.2) is 106 Å². The Labute approximate surface area is 506 Å². The normalized spacial score (nSPS) is 28.2. The highest BCUT2D eigenvalue weighted by atomic mass is 16.7. The number of carbonyl (C=O) groups is 4. The molecule has 0 fully saturated rings. The first-order valence-corrected chi connectivity index (χ1v) is 27.6. The van der Waals surface area contributed by atoms with Crippen LogP contribution in [0.25, 0.3) is 0 Å². The zero-order chi connectivity index (χ0) is 61.2. The van der Waals surface area contributed by atoms with Crippen LogP contribution in [-0.2, 0) is 58.6 Å². The first-order valence-electron chi connectivity index (χ1n) is 27.6. The molecular weight excluding hydrogens is 1130 g/mol. The van der Waals surface area contributed by atoms with E-state index < -0.39 is 68.7 Å². The maximum absolute atomic E-state index is 13.7. The molecule has 0 amide bonds. The molecule has 0 radical (unpaired) electrons. The van der Waals surface area contributed by atoms with Gasteiger partial charge in [-0.05, 0) is 34.4 Å². The molecule has 0 spiro atoms. The molecule has 20 heteroatoms. The lowest BCUT2D eigenvalue weighted by Gasteiger charge is -2.41. The fourth-order valence-corrected chi connectivity index (χ4v) is 13.2. The number of ether oxygens (including phenoxy) is 4. The van der Waals surface area contributed by atoms with Crippen molar-refractivity contribution in [3.63, 3.8) is 0 Å². The fraction of sp³-hybridized carbons (Fsp3) is 0.235. The van der Waals surface area contributed by atoms with Crippen LogP contribution in [0.2, 0.25) is 0 Å². The van der Waals surface area contributed by atoms with E-state index in [1.165, 1.54) is 71.8 Å². The minimum Gasteiger partial charge on any atom is -0.812 e. The number of aliphatic hydroxyl groups is 4. The van der Waals surface area contributed by atoms with Crippen molar-refractivity contribution in [2.24, 2.45) is 0 Å². The monoisotopic (exact) mass is 1190 g/mol. The lowest BCUT2D eigenvalue weighted by Crippen LogP contribution is -2.58. The molecule has 0 saturated carbocycles. The maximum atomic E-state index is 13.7. The minimum absolute atomic E-state index is 0. The van der Waals surface area contributed by atoms with Gasteiger partial charge in [0.15, 0.2) is 22.4 Å². The molecule has 4 aliphatic carbocycles. The molecule has 4 heterocycles. The molecule has 0 saturated heterocycles. The minimum atomic E-state index is -2.65. The lowest BCUT2D eigenvalue weighted by molar-refractivity contribution is -0.884. The van der Waals surface area contributed by atoms with Crippen LogP contribution < -0.4 is 39.4 Å². The number of Topliss-reactive ketones (excluding diaryl/α,β-unsaturated/α-hetero) is 4. The Bertz CT molecular complexity index is 3780. The van der Waals surface area contributed by atoms with Gasteiger partial charge in [-0.25, -0.2) is 0 Å². The van der Waals surface area contributed by atoms with Gasteiger partial charge in [-0.3, -0.25) is 19.2 Å². The first kappa shape index (κ1) is 60.8. The Morgan fingerprint density at radius 1 is 0.330 bits per heavy atom. The number of carbonyl (C=O) groups excluding carboxylic acids is 4. The Morgan fingerprint density at radius 3 is 0.750 bits per heavy atom. The number of nitrogens with zero attached hydrogens (tertiary/aromatic N) is 2. The molecule has 20 nitrogen and oxygen atoms in total. The van der Waals surface area contributed by atoms with E-state index >= 15 is 0 Å². The quantitative estimate of drug-likeness (QED) is 0.182. The van der Waals surface area contributed by atoms with Gasteiger partial charge in [0.2, 0.25) is 23.1 Å². The summed E-state index contributed by atoms with van der Waals surface area (Å²) in [6.07, 6.45) is 0. The van der Waals surface area contributed by atoms with Crippen LogP contribution in [0.5, 0.6) is 23.0 Å². The van der Waals surface area contributed by atoms with Gasteiger partial charge in [-0.2, -0.15) is 0 Å². The van der Waals surface area contributed by atoms with Gasteiger partial charge in [0.1, 0.15) is 59.2 Å². The number of ketones is 4. The molecule has 8 aliphatic rings. The SMILES string of the molecule is C[N+](C)(C)Cc1ccccc1.C[N+](C)(C)Cc1ccccc1.O.O.O=C1c2ccccc2[C@]2([O-])Oc3cc4c(cc3[C@]12O)[C@@]1(O)C(=O)c2ccccc2[C@@]1([O-])O4.O=C1c2ccccc2[C@]2([O-])Oc3cc4c(cc3[C@]12O)[C@@]1(O)C(=O)c2ccccc2[C@@]1([O-])O4.[H+].[H+]. The topological polar surface area (TPSA) is 341 Å². The summed E-state index contributed by atoms with van der Waals surface area (Å²) in [7, 11) is 13.2. The van der Waals surface area contributed by atoms with Gasteiger partial charge in [0.05, 0.1) is 42.3 Å². The molecule has 4 aliphatic heterocycles. The summed E-state index contributed by atoms with van der Waals surface area (Å²) in [5, 5.41) is 100. The van der Waals surface area contributed by atoms with Gasteiger partial charge in [0.25, 0.3) is 0 Å². The van der Waals surface area contributed by atoms with Gasteiger partial charge in [0, 0.05) is 67.8 Å². The number of benzene rings is 8. The third-order valence-corrected chi connectivity index (χ3v) is 17.1. The standard InChI is InChI=1S/2C24H12O8.2C10H16N.2H2O/c2*25-19-11-5-1-3-7-13(11)23(29)21(19,27)15-9-16-18(10-17(15)31-23)32-24(30)14-8-4-2-6-12(14)20(26)22(16,24)28;2*1-11(2,3)9-10-7-5-4-6-8-10;;/h2*1-10,27-28H;2*4-8H,9H2,1-3H3;2*1H2/q2*-2;2*+1;;/p+2/t2*21-,22+,23-,24+;;;;. The molecule has 8 aromatic rings. The van der Waals surface area contributed by atoms with Crippen molar-refractivity contribution in [3.05, 3.63) is 260 Å². The molecule has 0 aromatic heterocycles. The smallest absolute Gasteiger partial charge is 0.812 e. The second-order valence-electron chi connectivity index (χ2n) is 24.8. The zero-order valence-corrected chi connectivity index (χ0v) is 48.3. The molecule has 8 atom stereocenters. The third-order valence-electron chi connectivity index (χ3n) is 17.1. The van der Waals surface area contributed by atoms with Crippen LogP contribution in [0.15, 0.2) is 182 Å². The maximum Gasteiger partial charge on any atom is 1.00 e. The number of hydrogen-bond donors (Lipinski definition) is 4. The van der Waals surface area contributed by atoms with Crippen molar-refractivity contribution >= 4 is 23.1 Å². The summed E-state index contributed by atoms with van der Waals surface area (Å²) in [4.78, 5) is 52.5. The molecule has 452 valence electrons. The summed E-state index contributed by atoms with van der Waals surface area (Å²) in [6, 6.07) is 49.4. The largest absolute Gasteiger partial charge is 1.00 e. The third kappa shape index (κ3) is 7.96. The van der Waals surface area contributed by atoms with E-state index in [0.29, 0.717) is 0 Å². The number of hydrogen-bond acceptors (Lipinski definition) is 16. The van der Waals surface area contributed by atoms with Crippen LogP contribution >= 0.6 is 0 Å². The zero-order valence-electron chi connectivity index (χ0n) is 50.3. The number of quaternary nitrogens is 2. The molecule has 88 heavy (non-hydrogen) atoms. The van der Waals surface area contributed by atoms with Crippen LogP contribution in [0.4, 0.5) is 0 Å². The van der Waals surface area contributed by atoms with Crippen molar-refractivity contribution in [2.75, 3.05) is 42.3 Å². The molecule has 8 aromatic carbocycles. The highest BCUT2D eigenvalue weighted by Gasteiger charge is 2.70. The number of fused-ring (bicyclic) bond motifs is 20. The van der Waals surface area contributed by atoms with Crippen molar-refractivity contribution in [2.45, 2.75) is 58.6 Å². The Balaban J connectivity index is 0.000000156. The van der Waals surface area contributed by atoms with E-state index in [9.17, 15) is 60.0 Å². The van der Waals surface area contributed by atoms with Gasteiger partial charge < -0.3 is 79.7 Å². The van der Waals surface area contributed by atoms with E-state index in [1.54, 1.807) is 48.5 Å². The van der Waals surface area contributed by atoms with Gasteiger partial charge in [-0.1, -0.05) is 158 Å². The summed E-state index contributed by atoms with van der Waals surface area (Å²) >= 11 is 0. The van der Waals surface area contributed by atoms with E-state index in [1.807, 2.05) is 0 Å². The highest BCUT2D eigenvalue weighted by Crippen LogP contribution is 2.65. The molecule has 0 bridgehead atoms. The summed E-state index contributed by atoms with van der Waals surface area (Å²) in [6.45, 7) is 2.20. The Hall–Kier alpha value is -8.84. The van der Waals surface area contributed by atoms with Crippen molar-refractivity contribution < 1.29 is 102 Å². The lowest BCUT2D eigenvalue weighted by atomic mass is 9.81. The molecule has 0 unspecified atom stereocenters. The van der Waals surface area contributed by atoms with Crippen LogP contribution in [0.1, 0.15) is 99.9 Å². The van der Waals surface area contributed by atoms with E-state index in [2.05, 4.69) is 103 Å². The van der Waals surface area contributed by atoms with Crippen molar-refractivity contribution in [1.82, 2.24) is 0 Å². The predicted octanol–water partition coefficient (Wildman–Crippen LogP) is 1.69.